The first-order chi connectivity index (χ1) is 8.16. The van der Waals surface area contributed by atoms with E-state index in [1.54, 1.807) is 0 Å². The molecule has 0 spiro atoms. The van der Waals surface area contributed by atoms with Crippen LogP contribution in [0.25, 0.3) is 0 Å². The summed E-state index contributed by atoms with van der Waals surface area (Å²) in [6.45, 7) is 0.888. The van der Waals surface area contributed by atoms with Gasteiger partial charge in [-0.2, -0.15) is 0 Å². The topological polar surface area (TPSA) is 61.6 Å². The summed E-state index contributed by atoms with van der Waals surface area (Å²) in [6, 6.07) is 3.62. The van der Waals surface area contributed by atoms with Gasteiger partial charge in [-0.05, 0) is 31.0 Å². The average molecular weight is 239 g/mol. The second kappa shape index (κ2) is 5.14. The third-order valence-corrected chi connectivity index (χ3v) is 2.66. The molecule has 5 heteroatoms. The highest BCUT2D eigenvalue weighted by Gasteiger charge is 2.19. The number of anilines is 1. The molecule has 1 fully saturated rings. The number of benzene rings is 1. The van der Waals surface area contributed by atoms with Gasteiger partial charge in [-0.25, -0.2) is 9.18 Å². The molecule has 92 valence electrons. The van der Waals surface area contributed by atoms with Crippen molar-refractivity contribution in [1.82, 2.24) is 0 Å². The summed E-state index contributed by atoms with van der Waals surface area (Å²) in [6.07, 6.45) is 1.81. The lowest BCUT2D eigenvalue weighted by Crippen LogP contribution is -2.18. The maximum Gasteiger partial charge on any atom is 0.340 e. The van der Waals surface area contributed by atoms with Gasteiger partial charge < -0.3 is 15.2 Å². The fourth-order valence-corrected chi connectivity index (χ4v) is 1.73. The van der Waals surface area contributed by atoms with E-state index < -0.39 is 11.8 Å². The Hall–Kier alpha value is -1.62. The molecule has 0 saturated carbocycles. The third-order valence-electron chi connectivity index (χ3n) is 2.66. The van der Waals surface area contributed by atoms with Gasteiger partial charge in [0.25, 0.3) is 0 Å². The second-order valence-corrected chi connectivity index (χ2v) is 3.97. The van der Waals surface area contributed by atoms with Crippen molar-refractivity contribution in [2.75, 3.05) is 18.9 Å². The highest BCUT2D eigenvalue weighted by atomic mass is 19.1. The Bertz CT molecular complexity index is 416. The van der Waals surface area contributed by atoms with Crippen LogP contribution >= 0.6 is 0 Å². The number of carbonyl (C=O) groups is 1. The Morgan fingerprint density at radius 3 is 3.12 bits per heavy atom. The predicted octanol–water partition coefficient (Wildman–Crippen LogP) is 1.74. The molecule has 0 radical (unpaired) electrons. The van der Waals surface area contributed by atoms with Gasteiger partial charge in [-0.15, -0.1) is 0 Å². The van der Waals surface area contributed by atoms with Crippen molar-refractivity contribution in [3.8, 4) is 0 Å². The SMILES string of the molecule is Nc1ccc(F)cc1C(=O)OCC1CCCO1. The van der Waals surface area contributed by atoms with Crippen LogP contribution in [-0.4, -0.2) is 25.3 Å². The van der Waals surface area contributed by atoms with E-state index in [0.717, 1.165) is 18.9 Å². The average Bonchev–Trinajstić information content (AvgIpc) is 2.82. The molecule has 1 aromatic carbocycles. The summed E-state index contributed by atoms with van der Waals surface area (Å²) in [5, 5.41) is 0. The van der Waals surface area contributed by atoms with Crippen LogP contribution in [0.1, 0.15) is 23.2 Å². The lowest BCUT2D eigenvalue weighted by atomic mass is 10.2. The highest BCUT2D eigenvalue weighted by Crippen LogP contribution is 2.16. The Morgan fingerprint density at radius 2 is 2.41 bits per heavy atom. The molecular weight excluding hydrogens is 225 g/mol. The summed E-state index contributed by atoms with van der Waals surface area (Å²) in [7, 11) is 0. The van der Waals surface area contributed by atoms with Crippen molar-refractivity contribution in [2.24, 2.45) is 0 Å². The number of halogens is 1. The fourth-order valence-electron chi connectivity index (χ4n) is 1.73. The van der Waals surface area contributed by atoms with E-state index in [9.17, 15) is 9.18 Å². The molecule has 2 rings (SSSR count). The number of ether oxygens (including phenoxy) is 2. The fraction of sp³-hybridized carbons (Fsp3) is 0.417. The van der Waals surface area contributed by atoms with Gasteiger partial charge in [0.15, 0.2) is 0 Å². The quantitative estimate of drug-likeness (QED) is 0.644. The first kappa shape index (κ1) is 11.9. The summed E-state index contributed by atoms with van der Waals surface area (Å²) in [5.41, 5.74) is 5.85. The monoisotopic (exact) mass is 239 g/mol. The molecule has 1 atom stereocenters. The van der Waals surface area contributed by atoms with E-state index in [4.69, 9.17) is 15.2 Å². The second-order valence-electron chi connectivity index (χ2n) is 3.97. The Kier molecular flexibility index (Phi) is 3.58. The smallest absolute Gasteiger partial charge is 0.340 e. The van der Waals surface area contributed by atoms with E-state index in [0.29, 0.717) is 6.61 Å². The number of esters is 1. The van der Waals surface area contributed by atoms with Crippen molar-refractivity contribution in [3.63, 3.8) is 0 Å². The van der Waals surface area contributed by atoms with Crippen molar-refractivity contribution < 1.29 is 18.7 Å². The van der Waals surface area contributed by atoms with Gasteiger partial charge in [0, 0.05) is 12.3 Å². The number of hydrogen-bond donors (Lipinski definition) is 1. The Labute approximate surface area is 98.5 Å². The van der Waals surface area contributed by atoms with Gasteiger partial charge >= 0.3 is 5.97 Å². The van der Waals surface area contributed by atoms with Crippen LogP contribution in [0.15, 0.2) is 18.2 Å². The summed E-state index contributed by atoms with van der Waals surface area (Å²) in [4.78, 5) is 11.6. The summed E-state index contributed by atoms with van der Waals surface area (Å²) >= 11 is 0. The van der Waals surface area contributed by atoms with Gasteiger partial charge in [0.1, 0.15) is 12.4 Å². The van der Waals surface area contributed by atoms with Crippen molar-refractivity contribution >= 4 is 11.7 Å². The third kappa shape index (κ3) is 2.94. The molecule has 1 heterocycles. The maximum absolute atomic E-state index is 13.0. The number of hydrogen-bond acceptors (Lipinski definition) is 4. The van der Waals surface area contributed by atoms with Crippen molar-refractivity contribution in [1.29, 1.82) is 0 Å². The molecule has 1 aromatic rings. The first-order valence-electron chi connectivity index (χ1n) is 5.50. The lowest BCUT2D eigenvalue weighted by Gasteiger charge is -2.11. The van der Waals surface area contributed by atoms with E-state index in [2.05, 4.69) is 0 Å². The zero-order chi connectivity index (χ0) is 12.3. The molecule has 2 N–H and O–H groups in total. The Balaban J connectivity index is 1.96. The molecule has 17 heavy (non-hydrogen) atoms. The van der Waals surface area contributed by atoms with Gasteiger partial charge in [0.2, 0.25) is 0 Å². The molecule has 4 nitrogen and oxygen atoms in total. The van der Waals surface area contributed by atoms with E-state index in [1.165, 1.54) is 12.1 Å². The molecule has 0 aliphatic carbocycles. The van der Waals surface area contributed by atoms with Crippen LogP contribution in [0.2, 0.25) is 0 Å². The molecule has 1 aliphatic rings. The number of rotatable bonds is 3. The molecule has 1 unspecified atom stereocenters. The van der Waals surface area contributed by atoms with Crippen molar-refractivity contribution in [3.05, 3.63) is 29.6 Å². The normalized spacial score (nSPS) is 19.2. The number of carbonyl (C=O) groups excluding carboxylic acids is 1. The predicted molar refractivity (Wildman–Crippen MR) is 60.1 cm³/mol. The van der Waals surface area contributed by atoms with Crippen LogP contribution in [-0.2, 0) is 9.47 Å². The van der Waals surface area contributed by atoms with Crippen LogP contribution in [0.4, 0.5) is 10.1 Å². The maximum atomic E-state index is 13.0. The van der Waals surface area contributed by atoms with E-state index in [-0.39, 0.29) is 24.0 Å². The molecule has 0 amide bonds. The highest BCUT2D eigenvalue weighted by molar-refractivity contribution is 5.95. The minimum atomic E-state index is -0.613. The molecular formula is C12H14FNO3. The van der Waals surface area contributed by atoms with Crippen LogP contribution < -0.4 is 5.73 Å². The largest absolute Gasteiger partial charge is 0.459 e. The van der Waals surface area contributed by atoms with Crippen LogP contribution in [0.3, 0.4) is 0 Å². The molecule has 0 bridgehead atoms. The first-order valence-corrected chi connectivity index (χ1v) is 5.50. The van der Waals surface area contributed by atoms with Gasteiger partial charge in [-0.1, -0.05) is 0 Å². The molecule has 1 saturated heterocycles. The summed E-state index contributed by atoms with van der Waals surface area (Å²) < 4.78 is 23.3. The minimum Gasteiger partial charge on any atom is -0.459 e. The van der Waals surface area contributed by atoms with Crippen LogP contribution in [0.5, 0.6) is 0 Å². The van der Waals surface area contributed by atoms with Gasteiger partial charge in [-0.3, -0.25) is 0 Å². The zero-order valence-electron chi connectivity index (χ0n) is 9.32. The summed E-state index contributed by atoms with van der Waals surface area (Å²) in [5.74, 6) is -1.12. The standard InChI is InChI=1S/C12H14FNO3/c13-8-3-4-11(14)10(6-8)12(15)17-7-9-2-1-5-16-9/h3-4,6,9H,1-2,5,7,14H2. The number of nitrogens with two attached hydrogens (primary N) is 1. The zero-order valence-corrected chi connectivity index (χ0v) is 9.32. The van der Waals surface area contributed by atoms with Crippen molar-refractivity contribution in [2.45, 2.75) is 18.9 Å². The molecule has 0 aromatic heterocycles. The van der Waals surface area contributed by atoms with Crippen LogP contribution in [0, 0.1) is 5.82 Å². The molecule has 1 aliphatic heterocycles. The van der Waals surface area contributed by atoms with E-state index in [1.807, 2.05) is 0 Å². The number of nitrogen functional groups attached to an aromatic ring is 1. The lowest BCUT2D eigenvalue weighted by molar-refractivity contribution is 0.0162. The van der Waals surface area contributed by atoms with Gasteiger partial charge in [0.05, 0.1) is 11.7 Å². The minimum absolute atomic E-state index is 0.0475. The van der Waals surface area contributed by atoms with E-state index >= 15 is 0 Å². The Morgan fingerprint density at radius 1 is 1.59 bits per heavy atom.